The number of unbranched alkanes of at least 4 members (excludes halogenated alkanes) is 1. The number of fused-ring (bicyclic) bond motifs is 4. The molecule has 0 saturated heterocycles. The summed E-state index contributed by atoms with van der Waals surface area (Å²) in [6.07, 6.45) is 17.6. The minimum Gasteiger partial charge on any atom is -0.443 e. The minimum absolute atomic E-state index is 0.114. The van der Waals surface area contributed by atoms with Crippen LogP contribution in [0.25, 0.3) is 10.8 Å². The van der Waals surface area contributed by atoms with Crippen LogP contribution in [0.1, 0.15) is 85.8 Å². The van der Waals surface area contributed by atoms with Gasteiger partial charge < -0.3 is 28.2 Å². The Morgan fingerprint density at radius 3 is 2.21 bits per heavy atom. The predicted molar refractivity (Wildman–Crippen MR) is 233 cm³/mol. The van der Waals surface area contributed by atoms with Crippen molar-refractivity contribution < 1.29 is 27.4 Å². The van der Waals surface area contributed by atoms with Crippen molar-refractivity contribution in [2.75, 3.05) is 51.0 Å². The van der Waals surface area contributed by atoms with E-state index in [1.807, 2.05) is 20.8 Å². The molecule has 0 saturated carbocycles. The lowest BCUT2D eigenvalue weighted by atomic mass is 9.81. The SMILES string of the molecule is CCCCN1/C(=C/C=C/C=C/C=C/C2=[N+](CCOC(=O)NCCC[Si](OCC)(OCC)OCC)c3ccccc3C2(C)C)C(C)(C)c2c1ccc1ccccc21. The van der Waals surface area contributed by atoms with E-state index in [-0.39, 0.29) is 17.4 Å². The molecular formula is C47H64N3O5Si+. The van der Waals surface area contributed by atoms with Gasteiger partial charge in [0.2, 0.25) is 5.69 Å². The lowest BCUT2D eigenvalue weighted by Crippen LogP contribution is -2.46. The van der Waals surface area contributed by atoms with Crippen molar-refractivity contribution in [2.24, 2.45) is 0 Å². The van der Waals surface area contributed by atoms with Gasteiger partial charge in [-0.05, 0) is 75.9 Å². The normalized spacial score (nSPS) is 16.9. The molecule has 1 amide bonds. The second kappa shape index (κ2) is 19.7. The Morgan fingerprint density at radius 1 is 0.804 bits per heavy atom. The number of nitrogens with one attached hydrogen (secondary N) is 1. The molecule has 2 heterocycles. The summed E-state index contributed by atoms with van der Waals surface area (Å²) in [5, 5.41) is 5.52. The highest BCUT2D eigenvalue weighted by Gasteiger charge is 2.44. The number of anilines is 1. The van der Waals surface area contributed by atoms with Crippen LogP contribution in [-0.4, -0.2) is 71.2 Å². The van der Waals surface area contributed by atoms with Crippen LogP contribution < -0.4 is 10.2 Å². The van der Waals surface area contributed by atoms with Crippen LogP contribution in [0.5, 0.6) is 0 Å². The number of amides is 1. The van der Waals surface area contributed by atoms with Gasteiger partial charge in [-0.2, -0.15) is 4.58 Å². The van der Waals surface area contributed by atoms with Crippen LogP contribution >= 0.6 is 0 Å². The molecule has 0 bridgehead atoms. The van der Waals surface area contributed by atoms with E-state index < -0.39 is 14.9 Å². The summed E-state index contributed by atoms with van der Waals surface area (Å²) >= 11 is 0. The molecule has 2 aliphatic heterocycles. The molecule has 0 atom stereocenters. The number of ether oxygens (including phenoxy) is 1. The van der Waals surface area contributed by atoms with Gasteiger partial charge in [0.1, 0.15) is 0 Å². The molecule has 0 aromatic heterocycles. The molecule has 0 aliphatic carbocycles. The topological polar surface area (TPSA) is 72.3 Å². The molecule has 3 aromatic carbocycles. The molecular weight excluding hydrogens is 715 g/mol. The maximum absolute atomic E-state index is 12.7. The summed E-state index contributed by atoms with van der Waals surface area (Å²) in [5.74, 6) is 0. The van der Waals surface area contributed by atoms with Gasteiger partial charge in [-0.1, -0.05) is 106 Å². The Bertz CT molecular complexity index is 1940. The third-order valence-corrected chi connectivity index (χ3v) is 14.0. The number of nitrogens with zero attached hydrogens (tertiary/aromatic N) is 2. The van der Waals surface area contributed by atoms with Gasteiger partial charge in [-0.25, -0.2) is 4.79 Å². The molecule has 8 nitrogen and oxygen atoms in total. The van der Waals surface area contributed by atoms with Crippen molar-refractivity contribution in [2.45, 2.75) is 91.5 Å². The van der Waals surface area contributed by atoms with Crippen LogP contribution in [0.15, 0.2) is 109 Å². The second-order valence-corrected chi connectivity index (χ2v) is 18.1. The van der Waals surface area contributed by atoms with Crippen molar-refractivity contribution in [1.82, 2.24) is 5.32 Å². The van der Waals surface area contributed by atoms with Crippen LogP contribution in [-0.2, 0) is 28.8 Å². The van der Waals surface area contributed by atoms with E-state index in [1.54, 1.807) is 0 Å². The second-order valence-electron chi connectivity index (χ2n) is 15.3. The van der Waals surface area contributed by atoms with Gasteiger partial charge in [0.05, 0.1) is 5.41 Å². The first-order valence-electron chi connectivity index (χ1n) is 20.6. The van der Waals surface area contributed by atoms with Gasteiger partial charge in [-0.3, -0.25) is 0 Å². The quantitative estimate of drug-likeness (QED) is 0.0533. The Balaban J connectivity index is 1.23. The third kappa shape index (κ3) is 9.63. The van der Waals surface area contributed by atoms with Crippen molar-refractivity contribution >= 4 is 42.8 Å². The fourth-order valence-corrected chi connectivity index (χ4v) is 10.8. The van der Waals surface area contributed by atoms with Crippen LogP contribution in [0.4, 0.5) is 16.2 Å². The maximum atomic E-state index is 12.7. The van der Waals surface area contributed by atoms with E-state index in [4.69, 9.17) is 18.0 Å². The number of carbonyl (C=O) groups excluding carboxylic acids is 1. The van der Waals surface area contributed by atoms with E-state index in [0.29, 0.717) is 45.4 Å². The number of benzene rings is 3. The fourth-order valence-electron chi connectivity index (χ4n) is 8.24. The van der Waals surface area contributed by atoms with Gasteiger partial charge >= 0.3 is 14.9 Å². The number of allylic oxidation sites excluding steroid dienone is 8. The van der Waals surface area contributed by atoms with E-state index in [0.717, 1.165) is 30.8 Å². The Hall–Kier alpha value is -4.28. The van der Waals surface area contributed by atoms with Crippen molar-refractivity contribution in [1.29, 1.82) is 0 Å². The Labute approximate surface area is 336 Å². The largest absolute Gasteiger partial charge is 0.500 e. The van der Waals surface area contributed by atoms with Gasteiger partial charge in [-0.15, -0.1) is 0 Å². The predicted octanol–water partition coefficient (Wildman–Crippen LogP) is 10.5. The molecule has 0 fully saturated rings. The van der Waals surface area contributed by atoms with Crippen molar-refractivity contribution in [3.63, 3.8) is 0 Å². The fraction of sp³-hybridized carbons (Fsp3) is 0.447. The lowest BCUT2D eigenvalue weighted by molar-refractivity contribution is -0.440. The summed E-state index contributed by atoms with van der Waals surface area (Å²) in [4.78, 5) is 15.2. The van der Waals surface area contributed by atoms with Crippen LogP contribution in [0, 0.1) is 0 Å². The number of para-hydroxylation sites is 1. The van der Waals surface area contributed by atoms with E-state index in [9.17, 15) is 4.79 Å². The molecule has 9 heteroatoms. The number of alkyl carbamates (subject to hydrolysis) is 1. The highest BCUT2D eigenvalue weighted by Crippen LogP contribution is 2.50. The monoisotopic (exact) mass is 778 g/mol. The lowest BCUT2D eigenvalue weighted by Gasteiger charge is -2.28. The smallest absolute Gasteiger partial charge is 0.443 e. The minimum atomic E-state index is -2.74. The molecule has 3 aromatic rings. The number of hydrogen-bond acceptors (Lipinski definition) is 6. The first-order valence-corrected chi connectivity index (χ1v) is 22.6. The number of hydrogen-bond donors (Lipinski definition) is 1. The zero-order valence-corrected chi connectivity index (χ0v) is 36.0. The van der Waals surface area contributed by atoms with Crippen molar-refractivity contribution in [3.8, 4) is 0 Å². The van der Waals surface area contributed by atoms with Gasteiger partial charge in [0, 0.05) is 73.5 Å². The Morgan fingerprint density at radius 2 is 1.48 bits per heavy atom. The van der Waals surface area contributed by atoms with Crippen LogP contribution in [0.2, 0.25) is 6.04 Å². The Kier molecular flexibility index (Phi) is 15.1. The van der Waals surface area contributed by atoms with E-state index in [2.05, 4.69) is 153 Å². The molecule has 0 radical (unpaired) electrons. The third-order valence-electron chi connectivity index (χ3n) is 10.8. The zero-order valence-electron chi connectivity index (χ0n) is 35.0. The number of carbonyl (C=O) groups is 1. The zero-order chi connectivity index (χ0) is 40.2. The molecule has 56 heavy (non-hydrogen) atoms. The summed E-state index contributed by atoms with van der Waals surface area (Å²) in [7, 11) is -2.74. The molecule has 1 N–H and O–H groups in total. The molecule has 300 valence electrons. The molecule has 0 spiro atoms. The van der Waals surface area contributed by atoms with Gasteiger partial charge in [0.15, 0.2) is 18.9 Å². The summed E-state index contributed by atoms with van der Waals surface area (Å²) in [6, 6.07) is 22.4. The number of rotatable bonds is 20. The molecule has 5 rings (SSSR count). The molecule has 2 aliphatic rings. The highest BCUT2D eigenvalue weighted by molar-refractivity contribution is 6.60. The van der Waals surface area contributed by atoms with E-state index >= 15 is 0 Å². The summed E-state index contributed by atoms with van der Waals surface area (Å²) < 4.78 is 25.7. The summed E-state index contributed by atoms with van der Waals surface area (Å²) in [5.41, 5.74) is 7.30. The average molecular weight is 779 g/mol. The average Bonchev–Trinajstić information content (AvgIpc) is 3.53. The van der Waals surface area contributed by atoms with Crippen LogP contribution in [0.3, 0.4) is 0 Å². The van der Waals surface area contributed by atoms with E-state index in [1.165, 1.54) is 33.3 Å². The van der Waals surface area contributed by atoms with Crippen molar-refractivity contribution in [3.05, 3.63) is 120 Å². The maximum Gasteiger partial charge on any atom is 0.500 e. The van der Waals surface area contributed by atoms with Gasteiger partial charge in [0.25, 0.3) is 0 Å². The standard InChI is InChI=1S/C47H63N3O5Si/c1-9-13-33-49-41-31-30-37-24-19-20-25-38(37)44(41)47(7,8)43(49)29-18-16-14-15-17-28-42-46(5,6)39-26-21-22-27-40(39)50(42)34-35-52-45(51)48-32-23-36-56(53-10-2,54-11-3)55-12-4/h14-22,24-31H,9-13,23,32-36H2,1-8H3/p+1. The first-order chi connectivity index (χ1) is 27.0. The molecule has 0 unspecified atom stereocenters. The summed E-state index contributed by atoms with van der Waals surface area (Å²) in [6.45, 7) is 21.2. The first kappa shape index (κ1) is 42.9. The highest BCUT2D eigenvalue weighted by atomic mass is 28.4.